The number of para-hydroxylation sites is 2. The minimum absolute atomic E-state index is 0.322. The van der Waals surface area contributed by atoms with Crippen molar-refractivity contribution in [1.82, 2.24) is 9.55 Å². The Bertz CT molecular complexity index is 2600. The average Bonchev–Trinajstić information content (AvgIpc) is 3.77. The van der Waals surface area contributed by atoms with Crippen LogP contribution in [0.1, 0.15) is 50.7 Å². The standard InChI is InChI=1S/C43H34N2S2/c1-25(2)32-21-28(27-13-6-5-7-14-27)22-33(26(3)4)41(32)45-37-19-10-9-18-36(37)44-43(45)31-17-12-16-30-35-23-34-29-15-8-11-20-38(29)46-39(34)24-40(35)47-42(30)31/h5-26H,1-4H3. The summed E-state index contributed by atoms with van der Waals surface area (Å²) < 4.78 is 7.78. The summed E-state index contributed by atoms with van der Waals surface area (Å²) in [5, 5.41) is 5.31. The molecule has 0 bridgehead atoms. The second-order valence-corrected chi connectivity index (χ2v) is 15.3. The molecular formula is C43H34N2S2. The predicted octanol–water partition coefficient (Wildman–Crippen LogP) is 13.3. The van der Waals surface area contributed by atoms with Crippen molar-refractivity contribution in [1.29, 1.82) is 0 Å². The van der Waals surface area contributed by atoms with Crippen LogP contribution >= 0.6 is 22.7 Å². The quantitative estimate of drug-likeness (QED) is 0.183. The van der Waals surface area contributed by atoms with Crippen LogP contribution in [0.2, 0.25) is 0 Å². The molecule has 0 aliphatic rings. The second kappa shape index (κ2) is 10.9. The molecule has 0 N–H and O–H groups in total. The van der Waals surface area contributed by atoms with Crippen molar-refractivity contribution in [3.8, 4) is 28.2 Å². The molecule has 0 saturated heterocycles. The summed E-state index contributed by atoms with van der Waals surface area (Å²) in [5.74, 6) is 1.65. The summed E-state index contributed by atoms with van der Waals surface area (Å²) in [7, 11) is 0. The Morgan fingerprint density at radius 2 is 1.19 bits per heavy atom. The molecule has 0 atom stereocenters. The number of benzene rings is 6. The van der Waals surface area contributed by atoms with Gasteiger partial charge in [0, 0.05) is 45.9 Å². The molecule has 0 fully saturated rings. The van der Waals surface area contributed by atoms with E-state index in [2.05, 4.69) is 154 Å². The van der Waals surface area contributed by atoms with Gasteiger partial charge in [-0.05, 0) is 82.6 Å². The van der Waals surface area contributed by atoms with Gasteiger partial charge in [-0.2, -0.15) is 0 Å². The first-order chi connectivity index (χ1) is 23.0. The number of nitrogens with zero attached hydrogens (tertiary/aromatic N) is 2. The molecule has 0 aliphatic carbocycles. The first-order valence-corrected chi connectivity index (χ1v) is 18.1. The van der Waals surface area contributed by atoms with E-state index in [-0.39, 0.29) is 0 Å². The number of fused-ring (bicyclic) bond motifs is 7. The van der Waals surface area contributed by atoms with E-state index >= 15 is 0 Å². The second-order valence-electron chi connectivity index (χ2n) is 13.2. The molecule has 47 heavy (non-hydrogen) atoms. The zero-order valence-electron chi connectivity index (χ0n) is 26.9. The van der Waals surface area contributed by atoms with Gasteiger partial charge in [-0.3, -0.25) is 4.57 Å². The molecule has 0 aliphatic heterocycles. The van der Waals surface area contributed by atoms with Gasteiger partial charge in [-0.25, -0.2) is 4.98 Å². The minimum Gasteiger partial charge on any atom is -0.292 e. The molecule has 3 heterocycles. The van der Waals surface area contributed by atoms with Crippen molar-refractivity contribution < 1.29 is 0 Å². The molecule has 0 unspecified atom stereocenters. The van der Waals surface area contributed by atoms with E-state index in [1.807, 2.05) is 22.7 Å². The van der Waals surface area contributed by atoms with Gasteiger partial charge in [0.05, 0.1) is 16.7 Å². The summed E-state index contributed by atoms with van der Waals surface area (Å²) in [5.41, 5.74) is 9.82. The van der Waals surface area contributed by atoms with Crippen molar-refractivity contribution in [2.75, 3.05) is 0 Å². The Morgan fingerprint density at radius 1 is 0.532 bits per heavy atom. The maximum absolute atomic E-state index is 5.42. The lowest BCUT2D eigenvalue weighted by Gasteiger charge is -2.24. The van der Waals surface area contributed by atoms with Gasteiger partial charge in [0.2, 0.25) is 0 Å². The van der Waals surface area contributed by atoms with E-state index in [4.69, 9.17) is 4.98 Å². The molecule has 0 radical (unpaired) electrons. The molecule has 228 valence electrons. The van der Waals surface area contributed by atoms with Crippen LogP contribution in [0, 0.1) is 0 Å². The lowest BCUT2D eigenvalue weighted by Crippen LogP contribution is -2.09. The highest BCUT2D eigenvalue weighted by molar-refractivity contribution is 7.28. The molecule has 0 amide bonds. The van der Waals surface area contributed by atoms with Crippen molar-refractivity contribution in [3.63, 3.8) is 0 Å². The molecule has 6 aromatic carbocycles. The molecule has 9 rings (SSSR count). The van der Waals surface area contributed by atoms with Crippen LogP contribution in [-0.4, -0.2) is 9.55 Å². The molecule has 0 spiro atoms. The number of hydrogen-bond acceptors (Lipinski definition) is 3. The number of thiophene rings is 2. The zero-order chi connectivity index (χ0) is 31.8. The third-order valence-electron chi connectivity index (χ3n) is 9.54. The van der Waals surface area contributed by atoms with Crippen molar-refractivity contribution in [2.24, 2.45) is 0 Å². The highest BCUT2D eigenvalue weighted by Crippen LogP contribution is 2.46. The van der Waals surface area contributed by atoms with Crippen molar-refractivity contribution in [3.05, 3.63) is 132 Å². The molecule has 9 aromatic rings. The number of rotatable bonds is 5. The SMILES string of the molecule is CC(C)c1cc(-c2ccccc2)cc(C(C)C)c1-n1c(-c2cccc3c2sc2cc4sc5ccccc5c4cc23)nc2ccccc21. The largest absolute Gasteiger partial charge is 0.292 e. The topological polar surface area (TPSA) is 17.8 Å². The Hall–Kier alpha value is -4.77. The lowest BCUT2D eigenvalue weighted by atomic mass is 9.88. The van der Waals surface area contributed by atoms with E-state index in [1.165, 1.54) is 73.8 Å². The number of hydrogen-bond donors (Lipinski definition) is 0. The average molecular weight is 643 g/mol. The maximum atomic E-state index is 5.42. The fourth-order valence-corrected chi connectivity index (χ4v) is 9.68. The zero-order valence-corrected chi connectivity index (χ0v) is 28.5. The number of aromatic nitrogens is 2. The number of imidazole rings is 1. The van der Waals surface area contributed by atoms with Gasteiger partial charge in [0.25, 0.3) is 0 Å². The van der Waals surface area contributed by atoms with Crippen LogP contribution in [0.4, 0.5) is 0 Å². The summed E-state index contributed by atoms with van der Waals surface area (Å²) in [6.07, 6.45) is 0. The first kappa shape index (κ1) is 28.5. The van der Waals surface area contributed by atoms with E-state index in [1.54, 1.807) is 0 Å². The monoisotopic (exact) mass is 642 g/mol. The molecule has 3 aromatic heterocycles. The summed E-state index contributed by atoms with van der Waals surface area (Å²) in [4.78, 5) is 5.42. The predicted molar refractivity (Wildman–Crippen MR) is 206 cm³/mol. The van der Waals surface area contributed by atoms with Crippen LogP contribution in [0.25, 0.3) is 79.6 Å². The van der Waals surface area contributed by atoms with Crippen LogP contribution in [0.15, 0.2) is 121 Å². The van der Waals surface area contributed by atoms with Gasteiger partial charge in [0.15, 0.2) is 0 Å². The lowest BCUT2D eigenvalue weighted by molar-refractivity contribution is 0.812. The Kier molecular flexibility index (Phi) is 6.60. The molecular weight excluding hydrogens is 609 g/mol. The molecule has 4 heteroatoms. The van der Waals surface area contributed by atoms with Crippen molar-refractivity contribution in [2.45, 2.75) is 39.5 Å². The maximum Gasteiger partial charge on any atom is 0.147 e. The van der Waals surface area contributed by atoms with Gasteiger partial charge in [-0.1, -0.05) is 100 Å². The van der Waals surface area contributed by atoms with Crippen LogP contribution < -0.4 is 0 Å². The minimum atomic E-state index is 0.322. The summed E-state index contributed by atoms with van der Waals surface area (Å²) >= 11 is 3.78. The smallest absolute Gasteiger partial charge is 0.147 e. The third-order valence-corrected chi connectivity index (χ3v) is 11.9. The normalized spacial score (nSPS) is 12.2. The first-order valence-electron chi connectivity index (χ1n) is 16.4. The van der Waals surface area contributed by atoms with E-state index < -0.39 is 0 Å². The fourth-order valence-electron chi connectivity index (χ4n) is 7.24. The summed E-state index contributed by atoms with van der Waals surface area (Å²) in [6.45, 7) is 9.27. The molecule has 2 nitrogen and oxygen atoms in total. The summed E-state index contributed by atoms with van der Waals surface area (Å²) in [6, 6.07) is 44.6. The Morgan fingerprint density at radius 3 is 1.98 bits per heavy atom. The highest BCUT2D eigenvalue weighted by atomic mass is 32.1. The molecule has 0 saturated carbocycles. The van der Waals surface area contributed by atoms with E-state index in [0.717, 1.165) is 16.9 Å². The van der Waals surface area contributed by atoms with Gasteiger partial charge < -0.3 is 0 Å². The van der Waals surface area contributed by atoms with Gasteiger partial charge in [0.1, 0.15) is 5.82 Å². The fraction of sp³-hybridized carbons (Fsp3) is 0.140. The third kappa shape index (κ3) is 4.46. The Labute approximate surface area is 282 Å². The Balaban J connectivity index is 1.35. The highest BCUT2D eigenvalue weighted by Gasteiger charge is 2.25. The van der Waals surface area contributed by atoms with Crippen LogP contribution in [0.3, 0.4) is 0 Å². The van der Waals surface area contributed by atoms with E-state index in [0.29, 0.717) is 11.8 Å². The van der Waals surface area contributed by atoms with Gasteiger partial charge in [-0.15, -0.1) is 22.7 Å². The van der Waals surface area contributed by atoms with Crippen molar-refractivity contribution >= 4 is 74.1 Å². The van der Waals surface area contributed by atoms with E-state index in [9.17, 15) is 0 Å². The van der Waals surface area contributed by atoms with Gasteiger partial charge >= 0.3 is 0 Å². The van der Waals surface area contributed by atoms with Crippen LogP contribution in [0.5, 0.6) is 0 Å². The van der Waals surface area contributed by atoms with Crippen LogP contribution in [-0.2, 0) is 0 Å².